The molecule has 14 aromatic carbocycles. The van der Waals surface area contributed by atoms with E-state index in [4.69, 9.17) is 0 Å². The van der Waals surface area contributed by atoms with E-state index in [1.54, 1.807) is 0 Å². The molecule has 0 amide bonds. The Kier molecular flexibility index (Phi) is 12.1. The summed E-state index contributed by atoms with van der Waals surface area (Å²) in [6, 6.07) is 101. The van der Waals surface area contributed by atoms with Gasteiger partial charge in [-0.25, -0.2) is 0 Å². The number of benzene rings is 14. The lowest BCUT2D eigenvalue weighted by Crippen LogP contribution is -2.17. The van der Waals surface area contributed by atoms with Crippen molar-refractivity contribution in [2.75, 3.05) is 9.80 Å². The molecular weight excluding hydrogens is 1020 g/mol. The van der Waals surface area contributed by atoms with Gasteiger partial charge in [-0.05, 0) is 228 Å². The molecule has 0 spiro atoms. The van der Waals surface area contributed by atoms with Crippen LogP contribution >= 0.6 is 0 Å². The molecule has 0 aromatic heterocycles. The molecule has 0 unspecified atom stereocenters. The van der Waals surface area contributed by atoms with Crippen molar-refractivity contribution in [1.82, 2.24) is 0 Å². The van der Waals surface area contributed by atoms with Crippen molar-refractivity contribution < 1.29 is 0 Å². The summed E-state index contributed by atoms with van der Waals surface area (Å²) >= 11 is 0. The fourth-order valence-electron chi connectivity index (χ4n) is 13.8. The van der Waals surface area contributed by atoms with E-state index in [1.807, 2.05) is 0 Å². The molecule has 15 rings (SSSR count). The highest BCUT2D eigenvalue weighted by Crippen LogP contribution is 2.56. The van der Waals surface area contributed by atoms with Gasteiger partial charge < -0.3 is 9.80 Å². The first-order valence-corrected chi connectivity index (χ1v) is 30.1. The Morgan fingerprint density at radius 1 is 0.259 bits per heavy atom. The van der Waals surface area contributed by atoms with E-state index in [0.29, 0.717) is 0 Å². The minimum Gasteiger partial charge on any atom is -0.310 e. The van der Waals surface area contributed by atoms with Gasteiger partial charge in [0.25, 0.3) is 0 Å². The van der Waals surface area contributed by atoms with E-state index < -0.39 is 0 Å². The van der Waals surface area contributed by atoms with Crippen molar-refractivity contribution in [1.29, 1.82) is 0 Å². The number of rotatable bonds is 8. The first-order valence-electron chi connectivity index (χ1n) is 30.1. The topological polar surface area (TPSA) is 6.48 Å². The highest BCUT2D eigenvalue weighted by molar-refractivity contribution is 6.24. The summed E-state index contributed by atoms with van der Waals surface area (Å²) in [6.45, 7) is 18.6. The summed E-state index contributed by atoms with van der Waals surface area (Å²) in [5.74, 6) is 0. The van der Waals surface area contributed by atoms with Gasteiger partial charge >= 0.3 is 0 Å². The summed E-state index contributed by atoms with van der Waals surface area (Å²) in [7, 11) is 0. The van der Waals surface area contributed by atoms with Gasteiger partial charge in [0.05, 0.1) is 0 Å². The average Bonchev–Trinajstić information content (AvgIpc) is 1.87. The Morgan fingerprint density at radius 3 is 1.07 bits per heavy atom. The largest absolute Gasteiger partial charge is 0.310 e. The normalized spacial score (nSPS) is 13.0. The van der Waals surface area contributed by atoms with E-state index in [0.717, 1.165) is 34.1 Å². The monoisotopic (exact) mass is 1090 g/mol. The van der Waals surface area contributed by atoms with Gasteiger partial charge in [-0.2, -0.15) is 0 Å². The Labute approximate surface area is 499 Å². The minimum atomic E-state index is -0.342. The highest BCUT2D eigenvalue weighted by Gasteiger charge is 2.38. The van der Waals surface area contributed by atoms with Gasteiger partial charge in [-0.15, -0.1) is 0 Å². The quantitative estimate of drug-likeness (QED) is 0.140. The van der Waals surface area contributed by atoms with Crippen LogP contribution in [-0.2, 0) is 16.2 Å². The Bertz CT molecular complexity index is 4990. The lowest BCUT2D eigenvalue weighted by atomic mass is 9.79. The Hall–Kier alpha value is -9.76. The lowest BCUT2D eigenvalue weighted by Gasteiger charge is -2.29. The van der Waals surface area contributed by atoms with Gasteiger partial charge in [0, 0.05) is 39.5 Å². The van der Waals surface area contributed by atoms with Crippen LogP contribution in [0, 0.1) is 0 Å². The lowest BCUT2D eigenvalue weighted by molar-refractivity contribution is 0.590. The van der Waals surface area contributed by atoms with Crippen LogP contribution in [0.4, 0.5) is 34.1 Å². The van der Waals surface area contributed by atoms with Gasteiger partial charge in [-0.3, -0.25) is 0 Å². The summed E-state index contributed by atoms with van der Waals surface area (Å²) in [4.78, 5) is 4.91. The molecule has 85 heavy (non-hydrogen) atoms. The van der Waals surface area contributed by atoms with Crippen LogP contribution in [0.1, 0.15) is 77.6 Å². The van der Waals surface area contributed by atoms with Crippen molar-refractivity contribution in [3.05, 3.63) is 289 Å². The zero-order valence-electron chi connectivity index (χ0n) is 49.8. The first kappa shape index (κ1) is 52.1. The van der Waals surface area contributed by atoms with Gasteiger partial charge in [-0.1, -0.05) is 225 Å². The van der Waals surface area contributed by atoms with Gasteiger partial charge in [0.2, 0.25) is 0 Å². The molecule has 2 heteroatoms. The Balaban J connectivity index is 1.00. The molecule has 0 radical (unpaired) electrons. The van der Waals surface area contributed by atoms with Crippen LogP contribution in [0.5, 0.6) is 0 Å². The minimum absolute atomic E-state index is 0.0135. The summed E-state index contributed by atoms with van der Waals surface area (Å²) in [5.41, 5.74) is 19.1. The van der Waals surface area contributed by atoms with Crippen LogP contribution < -0.4 is 9.80 Å². The molecule has 0 bridgehead atoms. The SMILES string of the molecule is CC(C)(C)c1ccc(N(c2ccc3c(c2)C(C)(C)c2cc4c(-c5ccc6ccccc6c5)c5ccc(N(c6ccc(C(C)(C)C)cc6)c6ccc7ccccc7c6)cc5c(-c5ccc6ccccc6c5)c4cc2-3)c2ccc3ccccc3c2)cc1. The van der Waals surface area contributed by atoms with E-state index in [1.165, 1.54) is 120 Å². The third-order valence-electron chi connectivity index (χ3n) is 18.4. The second kappa shape index (κ2) is 19.7. The second-order valence-electron chi connectivity index (χ2n) is 26.2. The number of hydrogen-bond donors (Lipinski definition) is 0. The molecule has 0 fully saturated rings. The van der Waals surface area contributed by atoms with Crippen molar-refractivity contribution >= 4 is 98.8 Å². The number of anilines is 6. The molecule has 0 heterocycles. The molecule has 2 nitrogen and oxygen atoms in total. The fraction of sp³-hybridized carbons (Fsp3) is 0.133. The Morgan fingerprint density at radius 2 is 0.600 bits per heavy atom. The summed E-state index contributed by atoms with van der Waals surface area (Å²) in [6.07, 6.45) is 0. The third-order valence-corrected chi connectivity index (χ3v) is 18.4. The molecule has 0 aliphatic heterocycles. The zero-order valence-corrected chi connectivity index (χ0v) is 49.8. The predicted octanol–water partition coefficient (Wildman–Crippen LogP) is 23.8. The van der Waals surface area contributed by atoms with Crippen LogP contribution in [0.3, 0.4) is 0 Å². The molecule has 0 N–H and O–H groups in total. The number of fused-ring (bicyclic) bond motifs is 9. The standard InChI is InChI=1S/C83H68N2/c1-81(2,3)63-31-37-65(38-32-63)84(67-35-29-55-19-11-15-23-59(55)47-67)69-42-44-72-74(49-69)80(62-28-26-54-18-10-14-22-58(54)46-62)75-51-73-71-43-41-70(85(66-39-33-64(34-40-66)82(4,5)6)68-36-30-56-20-12-16-24-60(56)48-68)50-77(71)83(7,8)78(73)52-76(75)79(72)61-27-25-53-17-9-13-21-57(53)45-61/h9-52H,1-8H3. The molecule has 410 valence electrons. The van der Waals surface area contributed by atoms with Crippen molar-refractivity contribution in [3.63, 3.8) is 0 Å². The second-order valence-corrected chi connectivity index (χ2v) is 26.2. The van der Waals surface area contributed by atoms with Crippen molar-refractivity contribution in [3.8, 4) is 33.4 Å². The molecular formula is C83H68N2. The first-order chi connectivity index (χ1) is 41.1. The number of nitrogens with zero attached hydrogens (tertiary/aromatic N) is 2. The maximum atomic E-state index is 2.58. The number of hydrogen-bond acceptors (Lipinski definition) is 2. The van der Waals surface area contributed by atoms with E-state index in [-0.39, 0.29) is 16.2 Å². The summed E-state index contributed by atoms with van der Waals surface area (Å²) < 4.78 is 0. The molecule has 0 saturated heterocycles. The van der Waals surface area contributed by atoms with E-state index in [2.05, 4.69) is 332 Å². The molecule has 1 aliphatic carbocycles. The third kappa shape index (κ3) is 8.93. The molecule has 0 atom stereocenters. The summed E-state index contributed by atoms with van der Waals surface area (Å²) in [5, 5.41) is 14.7. The molecule has 1 aliphatic rings. The molecule has 14 aromatic rings. The highest BCUT2D eigenvalue weighted by atomic mass is 15.1. The fourth-order valence-corrected chi connectivity index (χ4v) is 13.8. The van der Waals surface area contributed by atoms with Crippen molar-refractivity contribution in [2.24, 2.45) is 0 Å². The average molecular weight is 1090 g/mol. The smallest absolute Gasteiger partial charge is 0.0468 e. The zero-order chi connectivity index (χ0) is 57.9. The van der Waals surface area contributed by atoms with E-state index in [9.17, 15) is 0 Å². The van der Waals surface area contributed by atoms with Crippen LogP contribution in [-0.4, -0.2) is 0 Å². The van der Waals surface area contributed by atoms with Gasteiger partial charge in [0.15, 0.2) is 0 Å². The van der Waals surface area contributed by atoms with Crippen LogP contribution in [0.25, 0.3) is 98.0 Å². The maximum Gasteiger partial charge on any atom is 0.0468 e. The predicted molar refractivity (Wildman–Crippen MR) is 367 cm³/mol. The molecule has 0 saturated carbocycles. The maximum absolute atomic E-state index is 2.58. The van der Waals surface area contributed by atoms with Crippen LogP contribution in [0.15, 0.2) is 267 Å². The van der Waals surface area contributed by atoms with Crippen LogP contribution in [0.2, 0.25) is 0 Å². The van der Waals surface area contributed by atoms with Crippen molar-refractivity contribution in [2.45, 2.75) is 71.6 Å². The van der Waals surface area contributed by atoms with E-state index >= 15 is 0 Å². The van der Waals surface area contributed by atoms with Gasteiger partial charge in [0.1, 0.15) is 0 Å².